The maximum Gasteiger partial charge on any atom is 0.261 e. The van der Waals surface area contributed by atoms with Crippen LogP contribution in [-0.4, -0.2) is 8.42 Å². The van der Waals surface area contributed by atoms with Crippen molar-refractivity contribution in [1.82, 2.24) is 0 Å². The molecule has 0 aliphatic rings. The van der Waals surface area contributed by atoms with E-state index in [1.807, 2.05) is 13.0 Å². The van der Waals surface area contributed by atoms with Gasteiger partial charge in [0.05, 0.1) is 4.90 Å². The number of aryl methyl sites for hydroxylation is 1. The lowest BCUT2D eigenvalue weighted by atomic mass is 10.1. The van der Waals surface area contributed by atoms with Gasteiger partial charge in [-0.15, -0.1) is 0 Å². The highest BCUT2D eigenvalue weighted by Crippen LogP contribution is 2.19. The van der Waals surface area contributed by atoms with Crippen LogP contribution in [0.15, 0.2) is 47.4 Å². The van der Waals surface area contributed by atoms with Crippen molar-refractivity contribution in [2.75, 3.05) is 4.72 Å². The molecule has 0 atom stereocenters. The van der Waals surface area contributed by atoms with E-state index < -0.39 is 15.8 Å². The topological polar surface area (TPSA) is 72.2 Å². The van der Waals surface area contributed by atoms with Crippen LogP contribution >= 0.6 is 0 Å². The van der Waals surface area contributed by atoms with Crippen LogP contribution in [0.4, 0.5) is 10.1 Å². The molecule has 2 aromatic carbocycles. The molecule has 0 radical (unpaired) electrons. The number of hydrogen-bond acceptors (Lipinski definition) is 3. The van der Waals surface area contributed by atoms with Crippen LogP contribution in [0.3, 0.4) is 0 Å². The van der Waals surface area contributed by atoms with E-state index >= 15 is 0 Å². The molecule has 0 aliphatic heterocycles. The minimum atomic E-state index is -3.76. The summed E-state index contributed by atoms with van der Waals surface area (Å²) < 4.78 is 40.5. The number of rotatable bonds is 5. The monoisotopic (exact) mass is 308 g/mol. The number of nitrogens with two attached hydrogens (primary N) is 1. The highest BCUT2D eigenvalue weighted by molar-refractivity contribution is 7.92. The molecule has 2 rings (SSSR count). The quantitative estimate of drug-likeness (QED) is 0.892. The van der Waals surface area contributed by atoms with E-state index in [0.717, 1.165) is 18.1 Å². The van der Waals surface area contributed by atoms with Crippen molar-refractivity contribution >= 4 is 15.7 Å². The third-order valence-corrected chi connectivity index (χ3v) is 4.51. The van der Waals surface area contributed by atoms with Gasteiger partial charge in [0, 0.05) is 17.8 Å². The van der Waals surface area contributed by atoms with Gasteiger partial charge in [0.2, 0.25) is 0 Å². The number of nitrogens with one attached hydrogen (secondary N) is 1. The lowest BCUT2D eigenvalue weighted by molar-refractivity contribution is 0.596. The van der Waals surface area contributed by atoms with Crippen molar-refractivity contribution in [3.8, 4) is 0 Å². The maximum atomic E-state index is 13.4. The summed E-state index contributed by atoms with van der Waals surface area (Å²) in [7, 11) is -3.76. The Bertz CT molecular complexity index is 745. The fourth-order valence-electron chi connectivity index (χ4n) is 1.94. The Hall–Kier alpha value is -1.92. The normalized spacial score (nSPS) is 11.4. The Morgan fingerprint density at radius 3 is 2.62 bits per heavy atom. The Morgan fingerprint density at radius 2 is 1.95 bits per heavy atom. The molecule has 112 valence electrons. The van der Waals surface area contributed by atoms with Crippen molar-refractivity contribution in [2.24, 2.45) is 5.73 Å². The van der Waals surface area contributed by atoms with E-state index in [-0.39, 0.29) is 17.0 Å². The molecule has 0 aliphatic carbocycles. The zero-order valence-electron chi connectivity index (χ0n) is 11.6. The van der Waals surface area contributed by atoms with E-state index in [2.05, 4.69) is 4.72 Å². The average Bonchev–Trinajstić information content (AvgIpc) is 2.47. The molecular formula is C15H17FN2O2S. The van der Waals surface area contributed by atoms with E-state index in [1.54, 1.807) is 18.2 Å². The van der Waals surface area contributed by atoms with E-state index in [9.17, 15) is 12.8 Å². The second-order valence-corrected chi connectivity index (χ2v) is 6.30. The van der Waals surface area contributed by atoms with Crippen molar-refractivity contribution in [3.63, 3.8) is 0 Å². The van der Waals surface area contributed by atoms with Gasteiger partial charge in [0.1, 0.15) is 5.82 Å². The molecule has 0 bridgehead atoms. The van der Waals surface area contributed by atoms with Crippen LogP contribution in [0, 0.1) is 5.82 Å². The molecule has 0 fully saturated rings. The standard InChI is InChI=1S/C15H17FN2O2S/c1-2-11-4-3-5-13(8-11)18-21(19,20)14-6-7-15(16)12(9-14)10-17/h3-9,18H,2,10,17H2,1H3. The van der Waals surface area contributed by atoms with Crippen LogP contribution < -0.4 is 10.5 Å². The lowest BCUT2D eigenvalue weighted by Gasteiger charge is -2.10. The molecule has 0 amide bonds. The fraction of sp³-hybridized carbons (Fsp3) is 0.200. The second-order valence-electron chi connectivity index (χ2n) is 4.62. The van der Waals surface area contributed by atoms with Gasteiger partial charge in [-0.3, -0.25) is 4.72 Å². The number of halogens is 1. The minimum absolute atomic E-state index is 0.00810. The summed E-state index contributed by atoms with van der Waals surface area (Å²) in [6, 6.07) is 10.7. The van der Waals surface area contributed by atoms with Crippen molar-refractivity contribution < 1.29 is 12.8 Å². The number of hydrogen-bond donors (Lipinski definition) is 2. The van der Waals surface area contributed by atoms with Crippen LogP contribution in [0.25, 0.3) is 0 Å². The summed E-state index contributed by atoms with van der Waals surface area (Å²) >= 11 is 0. The average molecular weight is 308 g/mol. The Kier molecular flexibility index (Phi) is 4.59. The molecule has 6 heteroatoms. The van der Waals surface area contributed by atoms with Gasteiger partial charge in [0.25, 0.3) is 10.0 Å². The molecule has 0 aromatic heterocycles. The fourth-order valence-corrected chi connectivity index (χ4v) is 3.04. The first kappa shape index (κ1) is 15.5. The third-order valence-electron chi connectivity index (χ3n) is 3.13. The predicted molar refractivity (Wildman–Crippen MR) is 80.9 cm³/mol. The van der Waals surface area contributed by atoms with Gasteiger partial charge >= 0.3 is 0 Å². The third kappa shape index (κ3) is 3.59. The molecule has 0 saturated heterocycles. The summed E-state index contributed by atoms with van der Waals surface area (Å²) in [5, 5.41) is 0. The SMILES string of the molecule is CCc1cccc(NS(=O)(=O)c2ccc(F)c(CN)c2)c1. The van der Waals surface area contributed by atoms with Crippen molar-refractivity contribution in [3.05, 3.63) is 59.4 Å². The summed E-state index contributed by atoms with van der Waals surface area (Å²) in [5.74, 6) is -0.510. The smallest absolute Gasteiger partial charge is 0.261 e. The number of benzene rings is 2. The second kappa shape index (κ2) is 6.24. The molecule has 0 spiro atoms. The first-order chi connectivity index (χ1) is 9.96. The molecule has 3 N–H and O–H groups in total. The van der Waals surface area contributed by atoms with Gasteiger partial charge in [-0.1, -0.05) is 19.1 Å². The van der Waals surface area contributed by atoms with Gasteiger partial charge in [-0.25, -0.2) is 12.8 Å². The van der Waals surface area contributed by atoms with Crippen LogP contribution in [0.1, 0.15) is 18.1 Å². The first-order valence-corrected chi connectivity index (χ1v) is 8.05. The Labute approximate surface area is 123 Å². The zero-order valence-corrected chi connectivity index (χ0v) is 12.5. The molecule has 21 heavy (non-hydrogen) atoms. The molecule has 0 unspecified atom stereocenters. The Morgan fingerprint density at radius 1 is 1.19 bits per heavy atom. The first-order valence-electron chi connectivity index (χ1n) is 6.56. The largest absolute Gasteiger partial charge is 0.326 e. The number of sulfonamides is 1. The van der Waals surface area contributed by atoms with Gasteiger partial charge in [-0.2, -0.15) is 0 Å². The van der Waals surface area contributed by atoms with Crippen molar-refractivity contribution in [1.29, 1.82) is 0 Å². The molecule has 0 saturated carbocycles. The summed E-state index contributed by atoms with van der Waals surface area (Å²) in [4.78, 5) is -0.00810. The maximum absolute atomic E-state index is 13.4. The van der Waals surface area contributed by atoms with E-state index in [0.29, 0.717) is 5.69 Å². The van der Waals surface area contributed by atoms with Gasteiger partial charge in [-0.05, 0) is 42.3 Å². The van der Waals surface area contributed by atoms with Gasteiger partial charge < -0.3 is 5.73 Å². The van der Waals surface area contributed by atoms with Crippen molar-refractivity contribution in [2.45, 2.75) is 24.8 Å². The highest BCUT2D eigenvalue weighted by Gasteiger charge is 2.16. The summed E-state index contributed by atoms with van der Waals surface area (Å²) in [6.45, 7) is 1.93. The van der Waals surface area contributed by atoms with Crippen LogP contribution in [-0.2, 0) is 23.0 Å². The number of anilines is 1. The predicted octanol–water partition coefficient (Wildman–Crippen LogP) is 2.65. The molecule has 2 aromatic rings. The van der Waals surface area contributed by atoms with E-state index in [1.165, 1.54) is 12.1 Å². The molecule has 4 nitrogen and oxygen atoms in total. The highest BCUT2D eigenvalue weighted by atomic mass is 32.2. The minimum Gasteiger partial charge on any atom is -0.326 e. The van der Waals surface area contributed by atoms with E-state index in [4.69, 9.17) is 5.73 Å². The zero-order chi connectivity index (χ0) is 15.5. The lowest BCUT2D eigenvalue weighted by Crippen LogP contribution is -2.14. The molecular weight excluding hydrogens is 291 g/mol. The summed E-state index contributed by atoms with van der Waals surface area (Å²) in [5.41, 5.74) is 7.07. The van der Waals surface area contributed by atoms with Crippen LogP contribution in [0.5, 0.6) is 0 Å². The summed E-state index contributed by atoms with van der Waals surface area (Å²) in [6.07, 6.45) is 0.809. The van der Waals surface area contributed by atoms with Gasteiger partial charge in [0.15, 0.2) is 0 Å². The van der Waals surface area contributed by atoms with Crippen LogP contribution in [0.2, 0.25) is 0 Å². The Balaban J connectivity index is 2.33. The molecule has 0 heterocycles.